The number of ether oxygens (including phenoxy) is 1. The lowest BCUT2D eigenvalue weighted by Crippen LogP contribution is -2.25. The molecule has 0 aliphatic rings. The molecule has 0 aliphatic heterocycles. The standard InChI is InChI=1S/C12H17BrClNO3S/c1-4-18-12-10(13)5-9(14)6-11(12)15-8(2)7-19(3,16)17/h5-6,8,15H,4,7H2,1-3H3. The van der Waals surface area contributed by atoms with Gasteiger partial charge < -0.3 is 10.1 Å². The SMILES string of the molecule is CCOc1c(Br)cc(Cl)cc1NC(C)CS(C)(=O)=O. The number of benzene rings is 1. The van der Waals surface area contributed by atoms with E-state index in [1.54, 1.807) is 19.1 Å². The van der Waals surface area contributed by atoms with Crippen molar-refractivity contribution in [3.63, 3.8) is 0 Å². The molecule has 0 radical (unpaired) electrons. The van der Waals surface area contributed by atoms with Crippen molar-refractivity contribution in [1.29, 1.82) is 0 Å². The summed E-state index contributed by atoms with van der Waals surface area (Å²) in [5.41, 5.74) is 0.678. The van der Waals surface area contributed by atoms with Gasteiger partial charge in [-0.15, -0.1) is 0 Å². The number of hydrogen-bond donors (Lipinski definition) is 1. The molecule has 0 spiro atoms. The summed E-state index contributed by atoms with van der Waals surface area (Å²) in [6, 6.07) is 3.22. The van der Waals surface area contributed by atoms with Gasteiger partial charge >= 0.3 is 0 Å². The predicted molar refractivity (Wildman–Crippen MR) is 83.1 cm³/mol. The van der Waals surface area contributed by atoms with Gasteiger partial charge in [0, 0.05) is 17.3 Å². The highest BCUT2D eigenvalue weighted by Crippen LogP contribution is 2.37. The molecule has 4 nitrogen and oxygen atoms in total. The van der Waals surface area contributed by atoms with Crippen LogP contribution in [0.5, 0.6) is 5.75 Å². The van der Waals surface area contributed by atoms with Crippen molar-refractivity contribution in [2.24, 2.45) is 0 Å². The minimum atomic E-state index is -3.04. The molecule has 1 unspecified atom stereocenters. The fraction of sp³-hybridized carbons (Fsp3) is 0.500. The smallest absolute Gasteiger partial charge is 0.156 e. The lowest BCUT2D eigenvalue weighted by atomic mass is 10.2. The summed E-state index contributed by atoms with van der Waals surface area (Å²) in [4.78, 5) is 0. The highest BCUT2D eigenvalue weighted by atomic mass is 79.9. The van der Waals surface area contributed by atoms with E-state index in [0.29, 0.717) is 23.1 Å². The molecule has 0 aromatic heterocycles. The third-order valence-corrected chi connectivity index (χ3v) is 4.16. The molecular formula is C12H17BrClNO3S. The second-order valence-electron chi connectivity index (χ2n) is 4.34. The Kier molecular flexibility index (Phi) is 5.95. The Morgan fingerprint density at radius 3 is 2.63 bits per heavy atom. The summed E-state index contributed by atoms with van der Waals surface area (Å²) < 4.78 is 28.8. The number of anilines is 1. The molecule has 1 N–H and O–H groups in total. The van der Waals surface area contributed by atoms with Crippen LogP contribution in [0.15, 0.2) is 16.6 Å². The molecule has 0 bridgehead atoms. The van der Waals surface area contributed by atoms with Crippen molar-refractivity contribution in [2.75, 3.05) is 23.9 Å². The van der Waals surface area contributed by atoms with Gasteiger partial charge in [-0.25, -0.2) is 8.42 Å². The van der Waals surface area contributed by atoms with Gasteiger partial charge in [0.1, 0.15) is 9.84 Å². The maximum Gasteiger partial charge on any atom is 0.156 e. The maximum atomic E-state index is 11.3. The molecule has 108 valence electrons. The zero-order valence-corrected chi connectivity index (χ0v) is 14.2. The number of sulfone groups is 1. The van der Waals surface area contributed by atoms with E-state index >= 15 is 0 Å². The molecule has 0 amide bonds. The van der Waals surface area contributed by atoms with E-state index in [2.05, 4.69) is 21.2 Å². The molecule has 1 aromatic carbocycles. The maximum absolute atomic E-state index is 11.3. The molecule has 19 heavy (non-hydrogen) atoms. The number of hydrogen-bond acceptors (Lipinski definition) is 4. The normalized spacial score (nSPS) is 13.1. The van der Waals surface area contributed by atoms with E-state index < -0.39 is 9.84 Å². The Morgan fingerprint density at radius 2 is 2.11 bits per heavy atom. The molecule has 0 heterocycles. The van der Waals surface area contributed by atoms with Crippen molar-refractivity contribution < 1.29 is 13.2 Å². The summed E-state index contributed by atoms with van der Waals surface area (Å²) in [6.07, 6.45) is 1.21. The fourth-order valence-corrected chi connectivity index (χ4v) is 3.64. The minimum Gasteiger partial charge on any atom is -0.491 e. The zero-order valence-electron chi connectivity index (χ0n) is 11.0. The Morgan fingerprint density at radius 1 is 1.47 bits per heavy atom. The largest absolute Gasteiger partial charge is 0.491 e. The van der Waals surface area contributed by atoms with Crippen molar-refractivity contribution in [3.8, 4) is 5.75 Å². The lowest BCUT2D eigenvalue weighted by Gasteiger charge is -2.18. The van der Waals surface area contributed by atoms with Crippen molar-refractivity contribution >= 4 is 43.1 Å². The second-order valence-corrected chi connectivity index (χ2v) is 7.81. The molecule has 0 saturated heterocycles. The monoisotopic (exact) mass is 369 g/mol. The van der Waals surface area contributed by atoms with Crippen LogP contribution in [-0.2, 0) is 9.84 Å². The van der Waals surface area contributed by atoms with Gasteiger partial charge in [-0.3, -0.25) is 0 Å². The van der Waals surface area contributed by atoms with Gasteiger partial charge in [-0.1, -0.05) is 11.6 Å². The number of halogens is 2. The Balaban J connectivity index is 2.99. The van der Waals surface area contributed by atoms with Crippen molar-refractivity contribution in [2.45, 2.75) is 19.9 Å². The van der Waals surface area contributed by atoms with Crippen LogP contribution in [0.3, 0.4) is 0 Å². The van der Waals surface area contributed by atoms with Crippen LogP contribution in [0.4, 0.5) is 5.69 Å². The van der Waals surface area contributed by atoms with Gasteiger partial charge in [0.2, 0.25) is 0 Å². The van der Waals surface area contributed by atoms with Crippen LogP contribution in [-0.4, -0.2) is 33.1 Å². The summed E-state index contributed by atoms with van der Waals surface area (Å²) in [5, 5.41) is 3.66. The molecule has 1 aromatic rings. The van der Waals surface area contributed by atoms with Gasteiger partial charge in [0.15, 0.2) is 5.75 Å². The molecular weight excluding hydrogens is 354 g/mol. The number of rotatable bonds is 6. The fourth-order valence-electron chi connectivity index (χ4n) is 1.72. The molecule has 1 rings (SSSR count). The first-order valence-electron chi connectivity index (χ1n) is 5.79. The van der Waals surface area contributed by atoms with Crippen LogP contribution < -0.4 is 10.1 Å². The van der Waals surface area contributed by atoms with Gasteiger partial charge in [-0.2, -0.15) is 0 Å². The average Bonchev–Trinajstić information content (AvgIpc) is 2.20. The van der Waals surface area contributed by atoms with E-state index in [1.807, 2.05) is 6.92 Å². The Hall–Kier alpha value is -0.460. The zero-order chi connectivity index (χ0) is 14.6. The lowest BCUT2D eigenvalue weighted by molar-refractivity contribution is 0.339. The van der Waals surface area contributed by atoms with Gasteiger partial charge in [0.05, 0.1) is 22.5 Å². The topological polar surface area (TPSA) is 55.4 Å². The molecule has 1 atom stereocenters. The highest BCUT2D eigenvalue weighted by molar-refractivity contribution is 9.10. The van der Waals surface area contributed by atoms with E-state index in [4.69, 9.17) is 16.3 Å². The van der Waals surface area contributed by atoms with E-state index in [1.165, 1.54) is 6.26 Å². The average molecular weight is 371 g/mol. The summed E-state index contributed by atoms with van der Waals surface area (Å²) in [7, 11) is -3.04. The molecule has 0 saturated carbocycles. The summed E-state index contributed by atoms with van der Waals surface area (Å²) in [5.74, 6) is 0.676. The molecule has 0 fully saturated rings. The van der Waals surface area contributed by atoms with Crippen molar-refractivity contribution in [3.05, 3.63) is 21.6 Å². The first kappa shape index (κ1) is 16.6. The number of nitrogens with one attached hydrogen (secondary N) is 1. The second kappa shape index (κ2) is 6.81. The first-order chi connectivity index (χ1) is 8.73. The Bertz CT molecular complexity index is 548. The summed E-state index contributed by atoms with van der Waals surface area (Å²) >= 11 is 9.38. The highest BCUT2D eigenvalue weighted by Gasteiger charge is 2.15. The van der Waals surface area contributed by atoms with Crippen LogP contribution in [0.25, 0.3) is 0 Å². The van der Waals surface area contributed by atoms with Gasteiger partial charge in [-0.05, 0) is 41.9 Å². The van der Waals surface area contributed by atoms with Crippen LogP contribution >= 0.6 is 27.5 Å². The predicted octanol–water partition coefficient (Wildman–Crippen LogP) is 3.35. The molecule has 0 aliphatic carbocycles. The van der Waals surface area contributed by atoms with E-state index in [9.17, 15) is 8.42 Å². The molecule has 7 heteroatoms. The third kappa shape index (κ3) is 5.58. The first-order valence-corrected chi connectivity index (χ1v) is 9.02. The van der Waals surface area contributed by atoms with Gasteiger partial charge in [0.25, 0.3) is 0 Å². The minimum absolute atomic E-state index is 0.0443. The van der Waals surface area contributed by atoms with Crippen LogP contribution in [0.2, 0.25) is 5.02 Å². The Labute approximate surface area is 127 Å². The van der Waals surface area contributed by atoms with E-state index in [-0.39, 0.29) is 11.8 Å². The third-order valence-electron chi connectivity index (χ3n) is 2.25. The van der Waals surface area contributed by atoms with Crippen molar-refractivity contribution in [1.82, 2.24) is 0 Å². The summed E-state index contributed by atoms with van der Waals surface area (Å²) in [6.45, 7) is 4.19. The van der Waals surface area contributed by atoms with Crippen LogP contribution in [0, 0.1) is 0 Å². The van der Waals surface area contributed by atoms with Crippen LogP contribution in [0.1, 0.15) is 13.8 Å². The van der Waals surface area contributed by atoms with E-state index in [0.717, 1.165) is 4.47 Å². The quantitative estimate of drug-likeness (QED) is 0.834.